The Balaban J connectivity index is 1.21. The van der Waals surface area contributed by atoms with Crippen LogP contribution in [0.3, 0.4) is 0 Å². The lowest BCUT2D eigenvalue weighted by Crippen LogP contribution is -2.46. The van der Waals surface area contributed by atoms with Gasteiger partial charge in [-0.15, -0.1) is 0 Å². The molecule has 31 heavy (non-hydrogen) atoms. The molecule has 0 bridgehead atoms. The maximum absolute atomic E-state index is 12.6. The average Bonchev–Trinajstić information content (AvgIpc) is 3.12. The fraction of sp³-hybridized carbons (Fsp3) is 0.375. The fourth-order valence-corrected chi connectivity index (χ4v) is 4.07. The number of nitrogens with zero attached hydrogens (tertiary/aromatic N) is 2. The molecule has 2 aromatic carbocycles. The Kier molecular flexibility index (Phi) is 6.50. The zero-order valence-corrected chi connectivity index (χ0v) is 17.5. The Morgan fingerprint density at radius 1 is 0.968 bits per heavy atom. The Morgan fingerprint density at radius 2 is 1.68 bits per heavy atom. The van der Waals surface area contributed by atoms with E-state index in [1.54, 1.807) is 6.07 Å². The van der Waals surface area contributed by atoms with Crippen molar-refractivity contribution in [3.05, 3.63) is 70.7 Å². The van der Waals surface area contributed by atoms with Crippen LogP contribution in [0.2, 0.25) is 0 Å². The molecule has 1 N–H and O–H groups in total. The number of rotatable bonds is 7. The van der Waals surface area contributed by atoms with Crippen molar-refractivity contribution < 1.29 is 14.0 Å². The molecule has 0 saturated carbocycles. The van der Waals surface area contributed by atoms with Crippen molar-refractivity contribution in [2.75, 3.05) is 13.1 Å². The summed E-state index contributed by atoms with van der Waals surface area (Å²) in [7, 11) is 0. The van der Waals surface area contributed by atoms with Gasteiger partial charge < -0.3 is 14.6 Å². The predicted octanol–water partition coefficient (Wildman–Crippen LogP) is 2.72. The molecule has 2 amide bonds. The summed E-state index contributed by atoms with van der Waals surface area (Å²) >= 11 is 0. The molecule has 7 nitrogen and oxygen atoms in total. The van der Waals surface area contributed by atoms with Gasteiger partial charge in [-0.25, -0.2) is 4.79 Å². The maximum atomic E-state index is 12.6. The monoisotopic (exact) mass is 421 g/mol. The quantitative estimate of drug-likeness (QED) is 0.636. The summed E-state index contributed by atoms with van der Waals surface area (Å²) in [4.78, 5) is 38.7. The first-order valence-electron chi connectivity index (χ1n) is 10.8. The molecule has 0 unspecified atom stereocenters. The molecule has 2 heterocycles. The molecule has 0 spiro atoms. The van der Waals surface area contributed by atoms with Gasteiger partial charge in [0.15, 0.2) is 5.58 Å². The number of carbonyl (C=O) groups excluding carboxylic acids is 2. The minimum atomic E-state index is -0.439. The predicted molar refractivity (Wildman–Crippen MR) is 118 cm³/mol. The molecule has 0 radical (unpaired) electrons. The van der Waals surface area contributed by atoms with E-state index in [1.807, 2.05) is 53.4 Å². The van der Waals surface area contributed by atoms with E-state index in [9.17, 15) is 14.4 Å². The first-order valence-corrected chi connectivity index (χ1v) is 10.8. The van der Waals surface area contributed by atoms with E-state index >= 15 is 0 Å². The Bertz CT molecular complexity index is 1090. The molecule has 0 atom stereocenters. The lowest BCUT2D eigenvalue weighted by Gasteiger charge is -2.32. The van der Waals surface area contributed by atoms with Crippen LogP contribution in [0.25, 0.3) is 11.1 Å². The van der Waals surface area contributed by atoms with Crippen molar-refractivity contribution in [2.24, 2.45) is 0 Å². The van der Waals surface area contributed by atoms with E-state index in [0.29, 0.717) is 37.2 Å². The van der Waals surface area contributed by atoms with Crippen LogP contribution in [0.4, 0.5) is 0 Å². The Labute approximate surface area is 180 Å². The van der Waals surface area contributed by atoms with Crippen LogP contribution in [-0.4, -0.2) is 40.4 Å². The second-order valence-electron chi connectivity index (χ2n) is 7.95. The number of nitrogens with one attached hydrogen (secondary N) is 1. The highest BCUT2D eigenvalue weighted by atomic mass is 16.4. The highest BCUT2D eigenvalue weighted by Gasteiger charge is 2.24. The van der Waals surface area contributed by atoms with E-state index in [0.717, 1.165) is 24.8 Å². The minimum Gasteiger partial charge on any atom is -0.408 e. The van der Waals surface area contributed by atoms with E-state index in [4.69, 9.17) is 4.42 Å². The number of hydrogen-bond donors (Lipinski definition) is 1. The minimum absolute atomic E-state index is 0.0195. The number of para-hydroxylation sites is 2. The number of hydrogen-bond acceptors (Lipinski definition) is 4. The third-order valence-electron chi connectivity index (χ3n) is 5.82. The van der Waals surface area contributed by atoms with Crippen molar-refractivity contribution in [2.45, 2.75) is 44.7 Å². The second-order valence-corrected chi connectivity index (χ2v) is 7.95. The first-order chi connectivity index (χ1) is 15.1. The second kappa shape index (κ2) is 9.64. The molecule has 162 valence electrons. The molecule has 4 rings (SSSR count). The molecule has 1 saturated heterocycles. The van der Waals surface area contributed by atoms with E-state index in [2.05, 4.69) is 5.32 Å². The van der Waals surface area contributed by atoms with Gasteiger partial charge >= 0.3 is 5.76 Å². The average molecular weight is 421 g/mol. The van der Waals surface area contributed by atoms with Crippen LogP contribution >= 0.6 is 0 Å². The third-order valence-corrected chi connectivity index (χ3v) is 5.82. The van der Waals surface area contributed by atoms with Crippen LogP contribution in [0.15, 0.2) is 63.8 Å². The van der Waals surface area contributed by atoms with Crippen molar-refractivity contribution in [3.8, 4) is 0 Å². The molecular weight excluding hydrogens is 394 g/mol. The summed E-state index contributed by atoms with van der Waals surface area (Å²) in [6.07, 6.45) is 2.94. The summed E-state index contributed by atoms with van der Waals surface area (Å²) < 4.78 is 6.73. The summed E-state index contributed by atoms with van der Waals surface area (Å²) in [5, 5.41) is 3.10. The van der Waals surface area contributed by atoms with Crippen molar-refractivity contribution in [1.29, 1.82) is 0 Å². The first kappa shape index (κ1) is 20.9. The van der Waals surface area contributed by atoms with E-state index in [1.165, 1.54) is 4.57 Å². The van der Waals surface area contributed by atoms with Gasteiger partial charge in [-0.05, 0) is 37.0 Å². The van der Waals surface area contributed by atoms with Crippen LogP contribution in [-0.2, 0) is 22.6 Å². The number of amides is 2. The number of likely N-dealkylation sites (tertiary alicyclic amines) is 1. The van der Waals surface area contributed by atoms with Gasteiger partial charge in [0.2, 0.25) is 11.8 Å². The van der Waals surface area contributed by atoms with Crippen molar-refractivity contribution in [3.63, 3.8) is 0 Å². The van der Waals surface area contributed by atoms with Crippen molar-refractivity contribution >= 4 is 22.9 Å². The molecule has 7 heteroatoms. The van der Waals surface area contributed by atoms with E-state index < -0.39 is 5.76 Å². The number of carbonyl (C=O) groups is 2. The van der Waals surface area contributed by atoms with Crippen LogP contribution in [0.1, 0.15) is 31.2 Å². The number of aryl methyl sites for hydroxylation is 2. The maximum Gasteiger partial charge on any atom is 0.419 e. The smallest absolute Gasteiger partial charge is 0.408 e. The third kappa shape index (κ3) is 5.23. The number of piperidine rings is 1. The molecule has 1 aliphatic rings. The van der Waals surface area contributed by atoms with Gasteiger partial charge in [-0.3, -0.25) is 14.2 Å². The van der Waals surface area contributed by atoms with Crippen LogP contribution in [0, 0.1) is 0 Å². The van der Waals surface area contributed by atoms with Crippen molar-refractivity contribution in [1.82, 2.24) is 14.8 Å². The SMILES string of the molecule is O=C(CCc1ccccc1)NC1CCN(C(=O)CCn2c(=O)oc3ccccc32)CC1. The fourth-order valence-electron chi connectivity index (χ4n) is 4.07. The lowest BCUT2D eigenvalue weighted by atomic mass is 10.0. The number of aromatic nitrogens is 1. The number of fused-ring (bicyclic) bond motifs is 1. The van der Waals surface area contributed by atoms with Gasteiger partial charge in [-0.2, -0.15) is 0 Å². The highest BCUT2D eigenvalue weighted by Crippen LogP contribution is 2.15. The zero-order valence-electron chi connectivity index (χ0n) is 17.5. The molecule has 1 fully saturated rings. The molecule has 0 aliphatic carbocycles. The number of benzene rings is 2. The summed E-state index contributed by atoms with van der Waals surface area (Å²) in [6.45, 7) is 1.53. The largest absolute Gasteiger partial charge is 0.419 e. The topological polar surface area (TPSA) is 84.5 Å². The standard InChI is InChI=1S/C24H27N3O4/c28-22(11-10-18-6-2-1-3-7-18)25-19-12-15-26(16-13-19)23(29)14-17-27-20-8-4-5-9-21(20)31-24(27)30/h1-9,19H,10-17H2,(H,25,28). The van der Waals surface area contributed by atoms with E-state index in [-0.39, 0.29) is 24.3 Å². The number of oxazole rings is 1. The van der Waals surface area contributed by atoms with Crippen LogP contribution < -0.4 is 11.1 Å². The van der Waals surface area contributed by atoms with Gasteiger partial charge in [0, 0.05) is 38.5 Å². The Hall–Kier alpha value is -3.35. The molecule has 1 aromatic heterocycles. The normalized spacial score (nSPS) is 14.6. The Morgan fingerprint density at radius 3 is 2.45 bits per heavy atom. The van der Waals surface area contributed by atoms with Gasteiger partial charge in [0.1, 0.15) is 0 Å². The van der Waals surface area contributed by atoms with Gasteiger partial charge in [0.25, 0.3) is 0 Å². The highest BCUT2D eigenvalue weighted by molar-refractivity contribution is 5.78. The van der Waals surface area contributed by atoms with Gasteiger partial charge in [0.05, 0.1) is 5.52 Å². The van der Waals surface area contributed by atoms with Crippen LogP contribution in [0.5, 0.6) is 0 Å². The molecular formula is C24H27N3O4. The summed E-state index contributed by atoms with van der Waals surface area (Å²) in [6, 6.07) is 17.3. The molecule has 3 aromatic rings. The lowest BCUT2D eigenvalue weighted by molar-refractivity contribution is -0.132. The zero-order chi connectivity index (χ0) is 21.6. The van der Waals surface area contributed by atoms with Gasteiger partial charge in [-0.1, -0.05) is 42.5 Å². The molecule has 1 aliphatic heterocycles. The summed E-state index contributed by atoms with van der Waals surface area (Å²) in [5.41, 5.74) is 2.39. The summed E-state index contributed by atoms with van der Waals surface area (Å²) in [5.74, 6) is -0.364.